The van der Waals surface area contributed by atoms with Crippen molar-refractivity contribution in [1.29, 1.82) is 0 Å². The Labute approximate surface area is 232 Å². The van der Waals surface area contributed by atoms with Crippen LogP contribution in [0.1, 0.15) is 43.7 Å². The van der Waals surface area contributed by atoms with Crippen molar-refractivity contribution in [3.63, 3.8) is 0 Å². The lowest BCUT2D eigenvalue weighted by Crippen LogP contribution is -2.32. The summed E-state index contributed by atoms with van der Waals surface area (Å²) in [5.41, 5.74) is 14.2. The molecule has 0 radical (unpaired) electrons. The molecule has 0 fully saturated rings. The topological polar surface area (TPSA) is 137 Å². The maximum Gasteiger partial charge on any atom is 0.429 e. The molecule has 2 aromatic carbocycles. The average Bonchev–Trinajstić information content (AvgIpc) is 3.38. The zero-order chi connectivity index (χ0) is 29.2. The second-order valence-electron chi connectivity index (χ2n) is 10.2. The molecule has 0 aliphatic heterocycles. The first-order valence-corrected chi connectivity index (χ1v) is 13.1. The number of alkyl halides is 3. The Balaban J connectivity index is 1.57. The van der Waals surface area contributed by atoms with E-state index in [1.165, 1.54) is 29.5 Å². The van der Waals surface area contributed by atoms with Gasteiger partial charge in [0.05, 0.1) is 11.4 Å². The number of hydrogen-bond donors (Lipinski definition) is 3. The Morgan fingerprint density at radius 2 is 1.62 bits per heavy atom. The number of ether oxygens (including phenoxy) is 1. The predicted octanol–water partition coefficient (Wildman–Crippen LogP) is 5.78. The summed E-state index contributed by atoms with van der Waals surface area (Å²) in [7, 11) is 0. The van der Waals surface area contributed by atoms with E-state index in [0.717, 1.165) is 5.69 Å². The van der Waals surface area contributed by atoms with Crippen LogP contribution in [0.25, 0.3) is 21.8 Å². The number of aliphatic carboxylic acids is 1. The fourth-order valence-corrected chi connectivity index (χ4v) is 4.85. The highest BCUT2D eigenvalue weighted by molar-refractivity contribution is 7.13. The molecule has 5 N–H and O–H groups in total. The van der Waals surface area contributed by atoms with Crippen molar-refractivity contribution in [2.24, 2.45) is 5.73 Å². The Kier molecular flexibility index (Phi) is 8.13. The molecular formula is C28H28F3N5O3S. The van der Waals surface area contributed by atoms with Gasteiger partial charge in [0, 0.05) is 33.6 Å². The van der Waals surface area contributed by atoms with Gasteiger partial charge in [-0.25, -0.2) is 9.97 Å². The third kappa shape index (κ3) is 6.93. The number of anilines is 1. The molecule has 0 saturated heterocycles. The number of nitrogen functional groups attached to an aromatic ring is 1. The van der Waals surface area contributed by atoms with Crippen LogP contribution in [0.5, 0.6) is 5.88 Å². The fourth-order valence-electron chi connectivity index (χ4n) is 3.80. The predicted molar refractivity (Wildman–Crippen MR) is 147 cm³/mol. The lowest BCUT2D eigenvalue weighted by Gasteiger charge is -2.22. The number of carbonyl (C=O) groups is 1. The normalized spacial score (nSPS) is 13.6. The molecule has 0 spiro atoms. The third-order valence-corrected chi connectivity index (χ3v) is 6.90. The molecule has 0 aliphatic carbocycles. The number of carboxylic acids is 1. The number of halogens is 3. The standard InChI is InChI=1S/C28H28F3N5O3S/c1-27(2,3)21-14-40-24(35-21)18-10-8-17(9-11-18)23(28(29,30)31)39-22-13-20(34-26(33)36-22)16-6-4-15(5-7-16)12-19(32)25(37)38/h4-11,13-14,19,23H,12,32H2,1-3H3,(H,37,38)(H2,33,34,36)/t19-,23?/m0/s1. The van der Waals surface area contributed by atoms with Gasteiger partial charge in [-0.05, 0) is 12.0 Å². The van der Waals surface area contributed by atoms with Crippen LogP contribution in [0, 0.1) is 0 Å². The lowest BCUT2D eigenvalue weighted by atomic mass is 9.93. The largest absolute Gasteiger partial charge is 0.480 e. The molecule has 4 aromatic rings. The van der Waals surface area contributed by atoms with E-state index < -0.39 is 24.3 Å². The smallest absolute Gasteiger partial charge is 0.429 e. The van der Waals surface area contributed by atoms with Crippen molar-refractivity contribution >= 4 is 23.3 Å². The monoisotopic (exact) mass is 571 g/mol. The first-order valence-electron chi connectivity index (χ1n) is 12.2. The minimum atomic E-state index is -4.74. The molecule has 1 unspecified atom stereocenters. The van der Waals surface area contributed by atoms with E-state index in [4.69, 9.17) is 21.3 Å². The van der Waals surface area contributed by atoms with Crippen LogP contribution in [0.2, 0.25) is 0 Å². The first-order chi connectivity index (χ1) is 18.7. The lowest BCUT2D eigenvalue weighted by molar-refractivity contribution is -0.198. The molecule has 0 saturated carbocycles. The van der Waals surface area contributed by atoms with E-state index in [0.29, 0.717) is 21.7 Å². The summed E-state index contributed by atoms with van der Waals surface area (Å²) in [5.74, 6) is -1.74. The molecule has 2 aromatic heterocycles. The molecule has 8 nitrogen and oxygen atoms in total. The van der Waals surface area contributed by atoms with E-state index in [9.17, 15) is 18.0 Å². The molecule has 0 aliphatic rings. The van der Waals surface area contributed by atoms with Crippen molar-refractivity contribution in [2.45, 2.75) is 50.9 Å². The number of benzene rings is 2. The number of thiazole rings is 1. The van der Waals surface area contributed by atoms with Crippen LogP contribution in [0.3, 0.4) is 0 Å². The summed E-state index contributed by atoms with van der Waals surface area (Å²) < 4.78 is 47.7. The highest BCUT2D eigenvalue weighted by Crippen LogP contribution is 2.38. The number of carboxylic acid groups (broad SMARTS) is 1. The minimum Gasteiger partial charge on any atom is -0.480 e. The zero-order valence-electron chi connectivity index (χ0n) is 21.9. The number of nitrogens with two attached hydrogens (primary N) is 2. The summed E-state index contributed by atoms with van der Waals surface area (Å²) in [4.78, 5) is 23.6. The van der Waals surface area contributed by atoms with Gasteiger partial charge in [-0.3, -0.25) is 4.79 Å². The van der Waals surface area contributed by atoms with Gasteiger partial charge in [0.15, 0.2) is 0 Å². The maximum atomic E-state index is 14.1. The number of nitrogens with zero attached hydrogens (tertiary/aromatic N) is 3. The van der Waals surface area contributed by atoms with Crippen molar-refractivity contribution < 1.29 is 27.8 Å². The van der Waals surface area contributed by atoms with Gasteiger partial charge in [-0.1, -0.05) is 69.3 Å². The number of aromatic nitrogens is 3. The van der Waals surface area contributed by atoms with Crippen LogP contribution in [-0.2, 0) is 16.6 Å². The quantitative estimate of drug-likeness (QED) is 0.242. The molecule has 4 rings (SSSR count). The van der Waals surface area contributed by atoms with Crippen molar-refractivity contribution in [3.05, 3.63) is 76.8 Å². The van der Waals surface area contributed by atoms with Gasteiger partial charge in [-0.15, -0.1) is 11.3 Å². The Morgan fingerprint density at radius 1 is 1.00 bits per heavy atom. The van der Waals surface area contributed by atoms with E-state index in [1.807, 2.05) is 26.2 Å². The van der Waals surface area contributed by atoms with Gasteiger partial charge in [0.2, 0.25) is 17.9 Å². The van der Waals surface area contributed by atoms with Crippen LogP contribution in [0.15, 0.2) is 60.0 Å². The highest BCUT2D eigenvalue weighted by Gasteiger charge is 2.43. The van der Waals surface area contributed by atoms with Crippen molar-refractivity contribution in [3.8, 4) is 27.7 Å². The zero-order valence-corrected chi connectivity index (χ0v) is 22.8. The molecule has 2 heterocycles. The minimum absolute atomic E-state index is 0.110. The van der Waals surface area contributed by atoms with Gasteiger partial charge >= 0.3 is 12.1 Å². The van der Waals surface area contributed by atoms with Gasteiger partial charge in [0.25, 0.3) is 0 Å². The third-order valence-electron chi connectivity index (χ3n) is 6.01. The highest BCUT2D eigenvalue weighted by atomic mass is 32.1. The van der Waals surface area contributed by atoms with E-state index in [-0.39, 0.29) is 34.9 Å². The second kappa shape index (κ2) is 11.2. The molecule has 210 valence electrons. The first kappa shape index (κ1) is 29.0. The van der Waals surface area contributed by atoms with E-state index in [1.54, 1.807) is 36.4 Å². The molecule has 40 heavy (non-hydrogen) atoms. The van der Waals surface area contributed by atoms with Crippen molar-refractivity contribution in [2.75, 3.05) is 5.73 Å². The van der Waals surface area contributed by atoms with Gasteiger partial charge < -0.3 is 21.3 Å². The molecule has 2 atom stereocenters. The number of hydrogen-bond acceptors (Lipinski definition) is 8. The Morgan fingerprint density at radius 3 is 2.17 bits per heavy atom. The summed E-state index contributed by atoms with van der Waals surface area (Å²) in [6, 6.07) is 12.7. The van der Waals surface area contributed by atoms with Crippen LogP contribution in [-0.4, -0.2) is 38.2 Å². The van der Waals surface area contributed by atoms with Crippen LogP contribution < -0.4 is 16.2 Å². The summed E-state index contributed by atoms with van der Waals surface area (Å²) >= 11 is 1.43. The fraction of sp³-hybridized carbons (Fsp3) is 0.286. The molecule has 0 amide bonds. The average molecular weight is 572 g/mol. The van der Waals surface area contributed by atoms with E-state index in [2.05, 4.69) is 15.0 Å². The van der Waals surface area contributed by atoms with Crippen LogP contribution >= 0.6 is 11.3 Å². The summed E-state index contributed by atoms with van der Waals surface area (Å²) in [5, 5.41) is 11.6. The Hall–Kier alpha value is -4.03. The van der Waals surface area contributed by atoms with Crippen LogP contribution in [0.4, 0.5) is 19.1 Å². The van der Waals surface area contributed by atoms with Gasteiger partial charge in [0.1, 0.15) is 11.0 Å². The Bertz CT molecular complexity index is 1480. The SMILES string of the molecule is CC(C)(C)c1csc(-c2ccc(C(Oc3cc(-c4ccc(C[C@H](N)C(=O)O)cc4)nc(N)n3)C(F)(F)F)cc2)n1. The number of rotatable bonds is 8. The molecule has 12 heteroatoms. The van der Waals surface area contributed by atoms with Gasteiger partial charge in [-0.2, -0.15) is 18.2 Å². The summed E-state index contributed by atoms with van der Waals surface area (Å²) in [6.07, 6.45) is -6.93. The van der Waals surface area contributed by atoms with Crippen molar-refractivity contribution in [1.82, 2.24) is 15.0 Å². The molecule has 0 bridgehead atoms. The summed E-state index contributed by atoms with van der Waals surface area (Å²) in [6.45, 7) is 6.12. The van der Waals surface area contributed by atoms with E-state index >= 15 is 0 Å². The second-order valence-corrected chi connectivity index (χ2v) is 11.1. The molecular weight excluding hydrogens is 543 g/mol. The maximum absolute atomic E-state index is 14.1.